The summed E-state index contributed by atoms with van der Waals surface area (Å²) in [6.07, 6.45) is 6.12. The van der Waals surface area contributed by atoms with Gasteiger partial charge in [-0.3, -0.25) is 4.79 Å². The van der Waals surface area contributed by atoms with Crippen LogP contribution in [0.3, 0.4) is 0 Å². The lowest BCUT2D eigenvalue weighted by Crippen LogP contribution is -2.36. The van der Waals surface area contributed by atoms with Crippen molar-refractivity contribution in [2.24, 2.45) is 0 Å². The monoisotopic (exact) mass is 352 g/mol. The number of carbonyl (C=O) groups is 1. The van der Waals surface area contributed by atoms with Crippen LogP contribution in [0.25, 0.3) is 11.3 Å². The Morgan fingerprint density at radius 1 is 1.04 bits per heavy atom. The number of carbonyl (C=O) groups excluding carboxylic acids is 1. The highest BCUT2D eigenvalue weighted by Gasteiger charge is 2.19. The van der Waals surface area contributed by atoms with Gasteiger partial charge >= 0.3 is 0 Å². The third-order valence-corrected chi connectivity index (χ3v) is 5.05. The lowest BCUT2D eigenvalue weighted by molar-refractivity contribution is 0.0934. The summed E-state index contributed by atoms with van der Waals surface area (Å²) in [6, 6.07) is 11.7. The molecule has 2 heterocycles. The van der Waals surface area contributed by atoms with E-state index in [-0.39, 0.29) is 11.9 Å². The van der Waals surface area contributed by atoms with Gasteiger partial charge in [0.15, 0.2) is 5.69 Å². The van der Waals surface area contributed by atoms with E-state index < -0.39 is 0 Å². The molecule has 2 aliphatic rings. The van der Waals surface area contributed by atoms with Gasteiger partial charge in [-0.25, -0.2) is 0 Å². The number of aromatic nitrogens is 2. The fourth-order valence-corrected chi connectivity index (χ4v) is 3.55. The first-order valence-corrected chi connectivity index (χ1v) is 9.40. The first kappa shape index (κ1) is 17.0. The van der Waals surface area contributed by atoms with E-state index >= 15 is 0 Å². The van der Waals surface area contributed by atoms with Crippen LogP contribution < -0.4 is 15.4 Å². The number of hydrogen-bond acceptors (Lipinski definition) is 5. The molecule has 1 aliphatic carbocycles. The Bertz CT molecular complexity index is 733. The molecular weight excluding hydrogens is 328 g/mol. The number of nitrogens with one attached hydrogen (secondary N) is 2. The standard InChI is InChI=1S/C20H24N4O2/c25-20(22-15-11-12-21-13-15)19-10-9-18(23-24-19)14-5-7-17(8-6-14)26-16-3-1-2-4-16/h5-10,15-16,21H,1-4,11-13H2,(H,22,25). The Balaban J connectivity index is 1.38. The van der Waals surface area contributed by atoms with Gasteiger partial charge in [0.05, 0.1) is 11.8 Å². The van der Waals surface area contributed by atoms with Gasteiger partial charge in [-0.2, -0.15) is 0 Å². The molecule has 0 radical (unpaired) electrons. The van der Waals surface area contributed by atoms with Crippen molar-refractivity contribution in [1.29, 1.82) is 0 Å². The zero-order valence-corrected chi connectivity index (χ0v) is 14.8. The predicted octanol–water partition coefficient (Wildman–Crippen LogP) is 2.56. The van der Waals surface area contributed by atoms with Crippen molar-refractivity contribution in [2.75, 3.05) is 13.1 Å². The lowest BCUT2D eigenvalue weighted by atomic mass is 10.1. The van der Waals surface area contributed by atoms with Gasteiger partial charge in [-0.1, -0.05) is 0 Å². The molecule has 136 valence electrons. The molecule has 4 rings (SSSR count). The zero-order chi connectivity index (χ0) is 17.8. The summed E-state index contributed by atoms with van der Waals surface area (Å²) >= 11 is 0. The maximum absolute atomic E-state index is 12.2. The summed E-state index contributed by atoms with van der Waals surface area (Å²) in [6.45, 7) is 1.75. The highest BCUT2D eigenvalue weighted by Crippen LogP contribution is 2.26. The smallest absolute Gasteiger partial charge is 0.272 e. The molecule has 2 fully saturated rings. The van der Waals surface area contributed by atoms with Gasteiger partial charge in [0.25, 0.3) is 5.91 Å². The van der Waals surface area contributed by atoms with E-state index in [1.807, 2.05) is 30.3 Å². The number of nitrogens with zero attached hydrogens (tertiary/aromatic N) is 2. The van der Waals surface area contributed by atoms with Gasteiger partial charge in [0, 0.05) is 18.2 Å². The van der Waals surface area contributed by atoms with E-state index in [2.05, 4.69) is 20.8 Å². The molecule has 0 bridgehead atoms. The topological polar surface area (TPSA) is 76.1 Å². The molecule has 26 heavy (non-hydrogen) atoms. The average molecular weight is 352 g/mol. The third-order valence-electron chi connectivity index (χ3n) is 5.05. The Morgan fingerprint density at radius 2 is 1.85 bits per heavy atom. The molecule has 1 saturated carbocycles. The summed E-state index contributed by atoms with van der Waals surface area (Å²) in [4.78, 5) is 12.2. The summed E-state index contributed by atoms with van der Waals surface area (Å²) in [5, 5.41) is 14.5. The molecule has 6 heteroatoms. The van der Waals surface area contributed by atoms with Crippen molar-refractivity contribution in [3.05, 3.63) is 42.1 Å². The second kappa shape index (κ2) is 7.83. The first-order valence-electron chi connectivity index (χ1n) is 9.40. The Kier molecular flexibility index (Phi) is 5.11. The Labute approximate surface area is 153 Å². The SMILES string of the molecule is O=C(NC1CCNC1)c1ccc(-c2ccc(OC3CCCC3)cc2)nn1. The second-order valence-corrected chi connectivity index (χ2v) is 7.02. The summed E-state index contributed by atoms with van der Waals surface area (Å²) in [5.74, 6) is 0.729. The second-order valence-electron chi connectivity index (χ2n) is 7.02. The average Bonchev–Trinajstić information content (AvgIpc) is 3.37. The fraction of sp³-hybridized carbons (Fsp3) is 0.450. The van der Waals surface area contributed by atoms with Gasteiger partial charge < -0.3 is 15.4 Å². The van der Waals surface area contributed by atoms with Crippen molar-refractivity contribution < 1.29 is 9.53 Å². The third kappa shape index (κ3) is 4.02. The summed E-state index contributed by atoms with van der Waals surface area (Å²) in [7, 11) is 0. The number of ether oxygens (including phenoxy) is 1. The molecule has 1 atom stereocenters. The molecule has 1 aliphatic heterocycles. The van der Waals surface area contributed by atoms with Crippen molar-refractivity contribution in [2.45, 2.75) is 44.2 Å². The van der Waals surface area contributed by atoms with Crippen LogP contribution in [-0.4, -0.2) is 41.3 Å². The van der Waals surface area contributed by atoms with Crippen molar-refractivity contribution >= 4 is 5.91 Å². The predicted molar refractivity (Wildman–Crippen MR) is 99.1 cm³/mol. The number of hydrogen-bond donors (Lipinski definition) is 2. The van der Waals surface area contributed by atoms with E-state index in [1.54, 1.807) is 6.07 Å². The minimum Gasteiger partial charge on any atom is -0.490 e. The van der Waals surface area contributed by atoms with Gasteiger partial charge in [-0.05, 0) is 75.0 Å². The molecule has 0 spiro atoms. The van der Waals surface area contributed by atoms with E-state index in [1.165, 1.54) is 12.8 Å². The first-order chi connectivity index (χ1) is 12.8. The van der Waals surface area contributed by atoms with Gasteiger partial charge in [-0.15, -0.1) is 10.2 Å². The van der Waals surface area contributed by atoms with Crippen LogP contribution in [0, 0.1) is 0 Å². The van der Waals surface area contributed by atoms with Crippen LogP contribution in [0.15, 0.2) is 36.4 Å². The van der Waals surface area contributed by atoms with Crippen LogP contribution >= 0.6 is 0 Å². The van der Waals surface area contributed by atoms with E-state index in [4.69, 9.17) is 4.74 Å². The Hall–Kier alpha value is -2.47. The quantitative estimate of drug-likeness (QED) is 0.865. The Morgan fingerprint density at radius 3 is 2.50 bits per heavy atom. The minimum absolute atomic E-state index is 0.168. The minimum atomic E-state index is -0.168. The lowest BCUT2D eigenvalue weighted by Gasteiger charge is -2.13. The van der Waals surface area contributed by atoms with Crippen molar-refractivity contribution in [3.8, 4) is 17.0 Å². The van der Waals surface area contributed by atoms with E-state index in [9.17, 15) is 4.79 Å². The fourth-order valence-electron chi connectivity index (χ4n) is 3.55. The van der Waals surface area contributed by atoms with Crippen LogP contribution in [-0.2, 0) is 0 Å². The van der Waals surface area contributed by atoms with Crippen LogP contribution in [0.1, 0.15) is 42.6 Å². The molecule has 1 aromatic heterocycles. The molecular formula is C20H24N4O2. The zero-order valence-electron chi connectivity index (χ0n) is 14.8. The number of amides is 1. The molecule has 1 amide bonds. The largest absolute Gasteiger partial charge is 0.490 e. The summed E-state index contributed by atoms with van der Waals surface area (Å²) in [5.41, 5.74) is 2.06. The molecule has 1 aromatic carbocycles. The normalized spacial score (nSPS) is 20.2. The highest BCUT2D eigenvalue weighted by atomic mass is 16.5. The number of rotatable bonds is 5. The number of benzene rings is 1. The maximum Gasteiger partial charge on any atom is 0.272 e. The molecule has 2 aromatic rings. The van der Waals surface area contributed by atoms with Crippen LogP contribution in [0.4, 0.5) is 0 Å². The van der Waals surface area contributed by atoms with Crippen LogP contribution in [0.2, 0.25) is 0 Å². The highest BCUT2D eigenvalue weighted by molar-refractivity contribution is 5.92. The van der Waals surface area contributed by atoms with Crippen molar-refractivity contribution in [3.63, 3.8) is 0 Å². The molecule has 1 unspecified atom stereocenters. The van der Waals surface area contributed by atoms with Gasteiger partial charge in [0.2, 0.25) is 0 Å². The van der Waals surface area contributed by atoms with Crippen molar-refractivity contribution in [1.82, 2.24) is 20.8 Å². The van der Waals surface area contributed by atoms with Gasteiger partial charge in [0.1, 0.15) is 5.75 Å². The maximum atomic E-state index is 12.2. The van der Waals surface area contributed by atoms with E-state index in [0.717, 1.165) is 49.4 Å². The molecule has 2 N–H and O–H groups in total. The van der Waals surface area contributed by atoms with Crippen LogP contribution in [0.5, 0.6) is 5.75 Å². The molecule has 1 saturated heterocycles. The molecule has 6 nitrogen and oxygen atoms in total. The summed E-state index contributed by atoms with van der Waals surface area (Å²) < 4.78 is 5.99. The van der Waals surface area contributed by atoms with E-state index in [0.29, 0.717) is 11.8 Å².